The Balaban J connectivity index is 2.07. The highest BCUT2D eigenvalue weighted by atomic mass is 32.2. The summed E-state index contributed by atoms with van der Waals surface area (Å²) in [5.74, 6) is -0.725. The van der Waals surface area contributed by atoms with Gasteiger partial charge in [-0.2, -0.15) is 0 Å². The van der Waals surface area contributed by atoms with Gasteiger partial charge in [0.25, 0.3) is 0 Å². The molecule has 0 saturated heterocycles. The van der Waals surface area contributed by atoms with E-state index in [1.165, 1.54) is 11.8 Å². The van der Waals surface area contributed by atoms with E-state index < -0.39 is 13.3 Å². The zero-order valence-corrected chi connectivity index (χ0v) is 18.3. The minimum Gasteiger partial charge on any atom is -0.466 e. The summed E-state index contributed by atoms with van der Waals surface area (Å²) in [5, 5.41) is 0. The smallest absolute Gasteiger partial charge is 0.309 e. The third kappa shape index (κ3) is 7.83. The fraction of sp³-hybridized carbons (Fsp3) is 0.409. The Morgan fingerprint density at radius 2 is 1.64 bits per heavy atom. The second kappa shape index (κ2) is 12.1. The molecule has 2 aromatic carbocycles. The summed E-state index contributed by atoms with van der Waals surface area (Å²) in [7, 11) is -2.98. The van der Waals surface area contributed by atoms with Crippen molar-refractivity contribution in [3.05, 3.63) is 66.2 Å². The van der Waals surface area contributed by atoms with Gasteiger partial charge in [-0.3, -0.25) is 9.36 Å². The highest BCUT2D eigenvalue weighted by Gasteiger charge is 2.32. The molecule has 0 radical (unpaired) electrons. The molecular weight excluding hydrogens is 391 g/mol. The summed E-state index contributed by atoms with van der Waals surface area (Å²) in [4.78, 5) is 13.6. The average molecular weight is 421 g/mol. The van der Waals surface area contributed by atoms with Crippen molar-refractivity contribution in [2.75, 3.05) is 24.9 Å². The minimum atomic E-state index is -2.98. The third-order valence-electron chi connectivity index (χ3n) is 4.28. The Hall–Kier alpha value is -1.55. The molecule has 2 unspecified atom stereocenters. The molecule has 0 N–H and O–H groups in total. The largest absolute Gasteiger partial charge is 0.466 e. The highest BCUT2D eigenvalue weighted by Crippen LogP contribution is 2.53. The molecule has 2 rings (SSSR count). The lowest BCUT2D eigenvalue weighted by atomic mass is 10.0. The van der Waals surface area contributed by atoms with Crippen LogP contribution in [-0.4, -0.2) is 30.8 Å². The van der Waals surface area contributed by atoms with Gasteiger partial charge in [-0.1, -0.05) is 48.5 Å². The predicted octanol–water partition coefficient (Wildman–Crippen LogP) is 5.86. The number of benzene rings is 2. The van der Waals surface area contributed by atoms with Crippen molar-refractivity contribution in [3.8, 4) is 0 Å². The predicted molar refractivity (Wildman–Crippen MR) is 116 cm³/mol. The number of hydrogen-bond donors (Lipinski definition) is 0. The van der Waals surface area contributed by atoms with Crippen LogP contribution in [0.5, 0.6) is 0 Å². The fourth-order valence-corrected chi connectivity index (χ4v) is 6.96. The van der Waals surface area contributed by atoms with Crippen LogP contribution < -0.4 is 0 Å². The van der Waals surface area contributed by atoms with E-state index >= 15 is 0 Å². The first-order valence-electron chi connectivity index (χ1n) is 9.67. The molecule has 0 saturated carbocycles. The second-order valence-electron chi connectivity index (χ2n) is 6.47. The maximum Gasteiger partial charge on any atom is 0.309 e. The maximum absolute atomic E-state index is 13.5. The first-order chi connectivity index (χ1) is 13.6. The monoisotopic (exact) mass is 420 g/mol. The van der Waals surface area contributed by atoms with Gasteiger partial charge in [0.1, 0.15) is 0 Å². The third-order valence-corrected chi connectivity index (χ3v) is 8.70. The maximum atomic E-state index is 13.5. The van der Waals surface area contributed by atoms with Crippen LogP contribution in [0.15, 0.2) is 65.6 Å². The normalized spacial score (nSPS) is 14.2. The van der Waals surface area contributed by atoms with Crippen LogP contribution in [0, 0.1) is 5.92 Å². The van der Waals surface area contributed by atoms with Crippen LogP contribution in [0.4, 0.5) is 0 Å². The summed E-state index contributed by atoms with van der Waals surface area (Å²) in [6.45, 7) is 4.31. The molecule has 0 aliphatic heterocycles. The van der Waals surface area contributed by atoms with Gasteiger partial charge in [-0.15, -0.1) is 11.8 Å². The number of carbonyl (C=O) groups is 1. The molecule has 0 aliphatic carbocycles. The molecule has 0 fully saturated rings. The molecular formula is C22H29O4PS. The van der Waals surface area contributed by atoms with Gasteiger partial charge in [0.05, 0.1) is 24.6 Å². The topological polar surface area (TPSA) is 52.6 Å². The molecule has 152 valence electrons. The zero-order chi connectivity index (χ0) is 20.2. The zero-order valence-electron chi connectivity index (χ0n) is 16.6. The van der Waals surface area contributed by atoms with Crippen LogP contribution in [0.2, 0.25) is 0 Å². The lowest BCUT2D eigenvalue weighted by molar-refractivity contribution is -0.147. The van der Waals surface area contributed by atoms with Gasteiger partial charge in [-0.25, -0.2) is 0 Å². The molecule has 6 heteroatoms. The first kappa shape index (κ1) is 22.7. The Morgan fingerprint density at radius 3 is 2.25 bits per heavy atom. The van der Waals surface area contributed by atoms with E-state index in [1.807, 2.05) is 67.6 Å². The average Bonchev–Trinajstić information content (AvgIpc) is 2.72. The number of hydrogen-bond acceptors (Lipinski definition) is 5. The van der Waals surface area contributed by atoms with Crippen LogP contribution in [0.3, 0.4) is 0 Å². The van der Waals surface area contributed by atoms with Crippen LogP contribution in [0.1, 0.15) is 25.8 Å². The Kier molecular flexibility index (Phi) is 9.83. The number of aryl methyl sites for hydroxylation is 1. The first-order valence-corrected chi connectivity index (χ1v) is 12.7. The summed E-state index contributed by atoms with van der Waals surface area (Å²) in [6.07, 6.45) is 1.55. The molecule has 28 heavy (non-hydrogen) atoms. The Bertz CT molecular complexity index is 752. The van der Waals surface area contributed by atoms with Gasteiger partial charge in [0, 0.05) is 11.1 Å². The summed E-state index contributed by atoms with van der Waals surface area (Å²) < 4.78 is 24.4. The molecule has 0 spiro atoms. The second-order valence-corrected chi connectivity index (χ2v) is 10.5. The van der Waals surface area contributed by atoms with Crippen molar-refractivity contribution in [2.24, 2.45) is 5.92 Å². The van der Waals surface area contributed by atoms with Gasteiger partial charge < -0.3 is 9.26 Å². The van der Waals surface area contributed by atoms with Crippen molar-refractivity contribution < 1.29 is 18.6 Å². The van der Waals surface area contributed by atoms with Crippen molar-refractivity contribution in [1.82, 2.24) is 0 Å². The van der Waals surface area contributed by atoms with E-state index in [-0.39, 0.29) is 12.1 Å². The van der Waals surface area contributed by atoms with Crippen LogP contribution in [0.25, 0.3) is 0 Å². The van der Waals surface area contributed by atoms with Crippen LogP contribution >= 0.6 is 19.1 Å². The molecule has 0 amide bonds. The molecule has 0 aliphatic rings. The summed E-state index contributed by atoms with van der Waals surface area (Å²) >= 11 is 1.51. The van der Waals surface area contributed by atoms with Gasteiger partial charge >= 0.3 is 5.97 Å². The number of carbonyl (C=O) groups excluding carboxylic acids is 1. The lowest BCUT2D eigenvalue weighted by Crippen LogP contribution is -2.23. The van der Waals surface area contributed by atoms with Crippen LogP contribution in [-0.2, 0) is 25.0 Å². The van der Waals surface area contributed by atoms with E-state index in [2.05, 4.69) is 0 Å². The number of esters is 1. The van der Waals surface area contributed by atoms with E-state index in [4.69, 9.17) is 9.26 Å². The minimum absolute atomic E-state index is 0.215. The van der Waals surface area contributed by atoms with Crippen molar-refractivity contribution >= 4 is 25.1 Å². The van der Waals surface area contributed by atoms with Crippen molar-refractivity contribution in [1.29, 1.82) is 0 Å². The quantitative estimate of drug-likeness (QED) is 0.244. The lowest BCUT2D eigenvalue weighted by Gasteiger charge is -2.23. The Labute approximate surface area is 172 Å². The fourth-order valence-electron chi connectivity index (χ4n) is 2.93. The van der Waals surface area contributed by atoms with E-state index in [0.29, 0.717) is 25.1 Å². The molecule has 0 bridgehead atoms. The van der Waals surface area contributed by atoms with E-state index in [9.17, 15) is 9.36 Å². The van der Waals surface area contributed by atoms with Gasteiger partial charge in [0.2, 0.25) is 7.37 Å². The van der Waals surface area contributed by atoms with E-state index in [0.717, 1.165) is 16.9 Å². The van der Waals surface area contributed by atoms with Crippen molar-refractivity contribution in [3.63, 3.8) is 0 Å². The highest BCUT2D eigenvalue weighted by molar-refractivity contribution is 8.05. The molecule has 4 nitrogen and oxygen atoms in total. The molecule has 2 atom stereocenters. The van der Waals surface area contributed by atoms with E-state index in [1.54, 1.807) is 6.92 Å². The molecule has 0 heterocycles. The van der Waals surface area contributed by atoms with Gasteiger partial charge in [0.15, 0.2) is 0 Å². The van der Waals surface area contributed by atoms with Crippen molar-refractivity contribution in [2.45, 2.75) is 31.6 Å². The summed E-state index contributed by atoms with van der Waals surface area (Å²) in [5.41, 5.74) is 1.51. The SMILES string of the molecule is CCOC(=O)C(CCc1ccccc1)CP(=O)(CSc1ccccc1)OCC. The molecule has 2 aromatic rings. The standard InChI is InChI=1S/C22H29O4PS/c1-3-25-22(23)20(16-15-19-11-7-5-8-12-19)17-27(24,26-4-2)18-28-21-13-9-6-10-14-21/h5-14,20H,3-4,15-18H2,1-2H3. The Morgan fingerprint density at radius 1 is 1.00 bits per heavy atom. The summed E-state index contributed by atoms with van der Waals surface area (Å²) in [6, 6.07) is 19.8. The molecule has 0 aromatic heterocycles. The van der Waals surface area contributed by atoms with Gasteiger partial charge in [-0.05, 0) is 44.4 Å². The number of ether oxygens (including phenoxy) is 1. The number of thioether (sulfide) groups is 1. The number of rotatable bonds is 12.